The van der Waals surface area contributed by atoms with Crippen LogP contribution in [-0.2, 0) is 9.47 Å². The van der Waals surface area contributed by atoms with Gasteiger partial charge in [0.2, 0.25) is 0 Å². The molecule has 0 unspecified atom stereocenters. The summed E-state index contributed by atoms with van der Waals surface area (Å²) in [6, 6.07) is 0. The standard InChI is InChI=1S/2C6H9N4O9/c2*1-2-6(9(15)16,10(17)18)19-4-3-5(7(11)12)8(13)14/h2*2-4H2,1H3. The van der Waals surface area contributed by atoms with Crippen LogP contribution in [0.1, 0.15) is 39.5 Å². The maximum Gasteiger partial charge on any atom is 0.596 e. The van der Waals surface area contributed by atoms with E-state index in [-0.39, 0.29) is 0 Å². The van der Waals surface area contributed by atoms with E-state index in [4.69, 9.17) is 0 Å². The highest BCUT2D eigenvalue weighted by Gasteiger charge is 2.58. The maximum absolute atomic E-state index is 10.6. The molecule has 0 aliphatic rings. The average Bonchev–Trinajstić information content (AvgIpc) is 2.77. The Morgan fingerprint density at radius 3 is 0.842 bits per heavy atom. The number of hydrogen-bond acceptors (Lipinski definition) is 18. The highest BCUT2D eigenvalue weighted by molar-refractivity contribution is 4.63. The number of ether oxygens (including phenoxy) is 2. The average molecular weight is 562 g/mol. The Balaban J connectivity index is 0. The van der Waals surface area contributed by atoms with Gasteiger partial charge in [-0.3, -0.25) is 90.4 Å². The van der Waals surface area contributed by atoms with Gasteiger partial charge in [0.05, 0.1) is 13.2 Å². The van der Waals surface area contributed by atoms with Crippen LogP contribution in [0.5, 0.6) is 0 Å². The lowest BCUT2D eigenvalue weighted by atomic mass is 10.3. The summed E-state index contributed by atoms with van der Waals surface area (Å²) in [4.78, 5) is 73.0. The fourth-order valence-electron chi connectivity index (χ4n) is 2.17. The van der Waals surface area contributed by atoms with Crippen LogP contribution in [0, 0.1) is 93.2 Å². The Labute approximate surface area is 207 Å². The summed E-state index contributed by atoms with van der Waals surface area (Å²) >= 11 is 0. The molecule has 26 nitrogen and oxygen atoms in total. The van der Waals surface area contributed by atoms with Crippen molar-refractivity contribution < 1.29 is 48.9 Å². The molecule has 38 heavy (non-hydrogen) atoms. The highest BCUT2D eigenvalue weighted by atomic mass is 16.8. The van der Waals surface area contributed by atoms with Crippen LogP contribution in [-0.4, -0.2) is 64.3 Å². The van der Waals surface area contributed by atoms with Crippen molar-refractivity contribution in [3.8, 4) is 0 Å². The smallest absolute Gasteiger partial charge is 0.258 e. The Kier molecular flexibility index (Phi) is 14.2. The second-order valence-electron chi connectivity index (χ2n) is 6.28. The number of nitro groups is 8. The van der Waals surface area contributed by atoms with Crippen molar-refractivity contribution in [3.63, 3.8) is 0 Å². The molecule has 0 amide bonds. The largest absolute Gasteiger partial charge is 0.596 e. The van der Waals surface area contributed by atoms with Crippen molar-refractivity contribution in [2.75, 3.05) is 13.2 Å². The van der Waals surface area contributed by atoms with Crippen molar-refractivity contribution in [2.45, 2.75) is 51.2 Å². The molecular formula is C12H18N8O18. The molecule has 0 rings (SSSR count). The van der Waals surface area contributed by atoms with Gasteiger partial charge in [-0.15, -0.1) is 0 Å². The highest BCUT2D eigenvalue weighted by Crippen LogP contribution is 2.21. The van der Waals surface area contributed by atoms with E-state index in [0.29, 0.717) is 0 Å². The van der Waals surface area contributed by atoms with Crippen LogP contribution in [0.15, 0.2) is 0 Å². The van der Waals surface area contributed by atoms with Crippen LogP contribution < -0.4 is 0 Å². The molecule has 0 aromatic carbocycles. The van der Waals surface area contributed by atoms with Gasteiger partial charge < -0.3 is 0 Å². The van der Waals surface area contributed by atoms with Crippen LogP contribution in [0.2, 0.25) is 0 Å². The van der Waals surface area contributed by atoms with Crippen molar-refractivity contribution in [3.05, 3.63) is 93.2 Å². The minimum absolute atomic E-state index is 0.640. The summed E-state index contributed by atoms with van der Waals surface area (Å²) < 4.78 is 8.81. The van der Waals surface area contributed by atoms with Crippen LogP contribution in [0.4, 0.5) is 0 Å². The third-order valence-corrected chi connectivity index (χ3v) is 4.22. The van der Waals surface area contributed by atoms with Gasteiger partial charge in [0.25, 0.3) is 0 Å². The normalized spacial score (nSPS) is 11.3. The van der Waals surface area contributed by atoms with Gasteiger partial charge in [0, 0.05) is 0 Å². The summed E-state index contributed by atoms with van der Waals surface area (Å²) in [6.45, 7) is 0.425. The molecule has 214 valence electrons. The van der Waals surface area contributed by atoms with Crippen LogP contribution in [0.3, 0.4) is 0 Å². The predicted octanol–water partition coefficient (Wildman–Crippen LogP) is 0.106. The monoisotopic (exact) mass is 562 g/mol. The van der Waals surface area contributed by atoms with E-state index >= 15 is 0 Å². The van der Waals surface area contributed by atoms with Crippen LogP contribution >= 0.6 is 0 Å². The zero-order valence-electron chi connectivity index (χ0n) is 19.2. The first-order chi connectivity index (χ1) is 17.4. The quantitative estimate of drug-likeness (QED) is 0.121. The Morgan fingerprint density at radius 2 is 0.711 bits per heavy atom. The third-order valence-electron chi connectivity index (χ3n) is 4.22. The second-order valence-corrected chi connectivity index (χ2v) is 6.28. The molecule has 26 heteroatoms. The first-order valence-corrected chi connectivity index (χ1v) is 9.52. The maximum atomic E-state index is 10.6. The Bertz CT molecular complexity index is 810. The van der Waals surface area contributed by atoms with E-state index in [0.717, 1.165) is 13.8 Å². The fraction of sp³-hybridized carbons (Fsp3) is 0.833. The van der Waals surface area contributed by atoms with Gasteiger partial charge in [-0.25, -0.2) is 0 Å². The van der Waals surface area contributed by atoms with E-state index < -0.39 is 102 Å². The molecule has 0 aliphatic heterocycles. The van der Waals surface area contributed by atoms with E-state index in [1.54, 1.807) is 0 Å². The zero-order chi connectivity index (χ0) is 30.4. The first-order valence-electron chi connectivity index (χ1n) is 9.52. The minimum Gasteiger partial charge on any atom is -0.258 e. The molecule has 0 bridgehead atoms. The second kappa shape index (κ2) is 15.3. The molecule has 0 heterocycles. The molecule has 0 aromatic rings. The summed E-state index contributed by atoms with van der Waals surface area (Å²) in [5.74, 6) is -5.92. The van der Waals surface area contributed by atoms with Crippen molar-refractivity contribution in [1.82, 2.24) is 0 Å². The summed E-state index contributed by atoms with van der Waals surface area (Å²) in [5, 5.41) is 83.4. The lowest BCUT2D eigenvalue weighted by molar-refractivity contribution is -0.851. The third kappa shape index (κ3) is 9.29. The SMILES string of the molecule is CCC(OCC[C]([N+](=O)[O-])[N+](=O)[O-])([N+](=O)[O-])[N+](=O)[O-].CCC(OCC[C]([N+](=O)[O-])[N+](=O)[O-])([N+](=O)[O-])[N+](=O)[O-]. The Morgan fingerprint density at radius 1 is 0.500 bits per heavy atom. The van der Waals surface area contributed by atoms with Crippen molar-refractivity contribution in [2.24, 2.45) is 0 Å². The molecule has 0 saturated heterocycles. The molecular weight excluding hydrogens is 544 g/mol. The number of hydrogen-bond donors (Lipinski definition) is 0. The van der Waals surface area contributed by atoms with Crippen molar-refractivity contribution >= 4 is 0 Å². The van der Waals surface area contributed by atoms with Gasteiger partial charge in [-0.05, 0) is 13.8 Å². The Hall–Kier alpha value is -4.88. The topological polar surface area (TPSA) is 364 Å². The van der Waals surface area contributed by atoms with Crippen LogP contribution in [0.25, 0.3) is 0 Å². The van der Waals surface area contributed by atoms with Gasteiger partial charge in [-0.2, -0.15) is 0 Å². The molecule has 2 radical (unpaired) electrons. The fourth-order valence-corrected chi connectivity index (χ4v) is 2.17. The minimum atomic E-state index is -2.96. The molecule has 0 fully saturated rings. The number of nitrogens with zero attached hydrogens (tertiary/aromatic N) is 8. The molecule has 0 aliphatic carbocycles. The number of rotatable bonds is 18. The van der Waals surface area contributed by atoms with Gasteiger partial charge in [0.15, 0.2) is 0 Å². The molecule has 0 atom stereocenters. The zero-order valence-corrected chi connectivity index (χ0v) is 19.2. The van der Waals surface area contributed by atoms with Gasteiger partial charge in [0.1, 0.15) is 65.1 Å². The van der Waals surface area contributed by atoms with Gasteiger partial charge in [-0.1, -0.05) is 0 Å². The molecule has 0 spiro atoms. The summed E-state index contributed by atoms with van der Waals surface area (Å²) in [7, 11) is 0. The first kappa shape index (κ1) is 35.3. The lowest BCUT2D eigenvalue weighted by Gasteiger charge is -2.14. The molecule has 0 N–H and O–H groups in total. The molecule has 0 aromatic heterocycles. The van der Waals surface area contributed by atoms with E-state index in [1.165, 1.54) is 0 Å². The molecule has 0 saturated carbocycles. The van der Waals surface area contributed by atoms with Gasteiger partial charge >= 0.3 is 24.0 Å². The predicted molar refractivity (Wildman–Crippen MR) is 110 cm³/mol. The lowest BCUT2D eigenvalue weighted by Crippen LogP contribution is -2.48. The summed E-state index contributed by atoms with van der Waals surface area (Å²) in [6.07, 6.45) is -5.81. The van der Waals surface area contributed by atoms with E-state index in [1.807, 2.05) is 0 Å². The van der Waals surface area contributed by atoms with E-state index in [2.05, 4.69) is 9.47 Å². The van der Waals surface area contributed by atoms with Crippen molar-refractivity contribution in [1.29, 1.82) is 0 Å². The van der Waals surface area contributed by atoms with E-state index in [9.17, 15) is 80.9 Å². The summed E-state index contributed by atoms with van der Waals surface area (Å²) in [5.41, 5.74) is 0.